The van der Waals surface area contributed by atoms with Crippen LogP contribution >= 0.6 is 11.6 Å². The third kappa shape index (κ3) is 3.86. The summed E-state index contributed by atoms with van der Waals surface area (Å²) in [7, 11) is -1.72. The number of methoxy groups -OCH3 is 1. The molecule has 2 aliphatic heterocycles. The van der Waals surface area contributed by atoms with Gasteiger partial charge in [0, 0.05) is 18.3 Å². The Morgan fingerprint density at radius 1 is 1.14 bits per heavy atom. The normalized spacial score (nSPS) is 23.8. The monoisotopic (exact) mass is 434 g/mol. The van der Waals surface area contributed by atoms with Crippen LogP contribution in [0.1, 0.15) is 11.1 Å². The van der Waals surface area contributed by atoms with Crippen LogP contribution in [0.25, 0.3) is 0 Å². The number of halogens is 1. The number of piperazine rings is 1. The number of fused-ring (bicyclic) bond motifs is 1. The SMILES string of the molecule is COc1ccc(N2C(=O)CN(Cc3ccccc3C)C3CS(=O)(=O)CC32)cc1Cl. The van der Waals surface area contributed by atoms with E-state index in [1.54, 1.807) is 23.1 Å². The molecule has 0 N–H and O–H groups in total. The number of ether oxygens (including phenoxy) is 1. The molecule has 1 amide bonds. The molecule has 0 radical (unpaired) electrons. The predicted molar refractivity (Wildman–Crippen MR) is 113 cm³/mol. The molecule has 2 saturated heterocycles. The second kappa shape index (κ2) is 7.63. The van der Waals surface area contributed by atoms with Crippen molar-refractivity contribution >= 4 is 33.0 Å². The van der Waals surface area contributed by atoms with Gasteiger partial charge in [-0.15, -0.1) is 0 Å². The molecule has 0 bridgehead atoms. The summed E-state index contributed by atoms with van der Waals surface area (Å²) in [4.78, 5) is 16.7. The maximum Gasteiger partial charge on any atom is 0.241 e. The molecule has 0 aromatic heterocycles. The molecule has 154 valence electrons. The number of carbonyl (C=O) groups excluding carboxylic acids is 1. The van der Waals surface area contributed by atoms with Gasteiger partial charge >= 0.3 is 0 Å². The smallest absolute Gasteiger partial charge is 0.241 e. The first kappa shape index (κ1) is 20.2. The average Bonchev–Trinajstić information content (AvgIpc) is 2.98. The Bertz CT molecular complexity index is 1060. The largest absolute Gasteiger partial charge is 0.495 e. The molecule has 29 heavy (non-hydrogen) atoms. The molecule has 0 saturated carbocycles. The molecule has 0 aliphatic carbocycles. The molecule has 2 aromatic carbocycles. The lowest BCUT2D eigenvalue weighted by Crippen LogP contribution is -2.61. The van der Waals surface area contributed by atoms with Crippen molar-refractivity contribution in [1.29, 1.82) is 0 Å². The maximum atomic E-state index is 13.1. The van der Waals surface area contributed by atoms with Crippen molar-refractivity contribution in [2.45, 2.75) is 25.6 Å². The topological polar surface area (TPSA) is 66.9 Å². The fraction of sp³-hybridized carbons (Fsp3) is 0.381. The highest BCUT2D eigenvalue weighted by Gasteiger charge is 2.49. The number of amides is 1. The lowest BCUT2D eigenvalue weighted by atomic mass is 10.0. The van der Waals surface area contributed by atoms with E-state index in [1.807, 2.05) is 36.1 Å². The Morgan fingerprint density at radius 2 is 1.86 bits per heavy atom. The first-order chi connectivity index (χ1) is 13.8. The highest BCUT2D eigenvalue weighted by Crippen LogP contribution is 2.36. The minimum atomic E-state index is -3.24. The minimum absolute atomic E-state index is 0.0443. The molecule has 2 aliphatic rings. The quantitative estimate of drug-likeness (QED) is 0.740. The number of hydrogen-bond acceptors (Lipinski definition) is 5. The third-order valence-corrected chi connectivity index (χ3v) is 7.74. The van der Waals surface area contributed by atoms with Crippen LogP contribution in [0, 0.1) is 6.92 Å². The molecule has 4 rings (SSSR count). The average molecular weight is 435 g/mol. The van der Waals surface area contributed by atoms with Gasteiger partial charge < -0.3 is 9.64 Å². The third-order valence-electron chi connectivity index (χ3n) is 5.75. The van der Waals surface area contributed by atoms with Crippen LogP contribution in [-0.4, -0.2) is 56.5 Å². The molecule has 8 heteroatoms. The first-order valence-corrected chi connectivity index (χ1v) is 11.6. The van der Waals surface area contributed by atoms with Gasteiger partial charge in [-0.1, -0.05) is 35.9 Å². The number of anilines is 1. The number of hydrogen-bond donors (Lipinski definition) is 0. The van der Waals surface area contributed by atoms with E-state index in [9.17, 15) is 13.2 Å². The summed E-state index contributed by atoms with van der Waals surface area (Å²) in [6.07, 6.45) is 0. The van der Waals surface area contributed by atoms with Crippen LogP contribution in [0.3, 0.4) is 0 Å². The lowest BCUT2D eigenvalue weighted by Gasteiger charge is -2.43. The lowest BCUT2D eigenvalue weighted by molar-refractivity contribution is -0.123. The van der Waals surface area contributed by atoms with E-state index in [0.29, 0.717) is 23.0 Å². The van der Waals surface area contributed by atoms with E-state index in [-0.39, 0.29) is 30.0 Å². The van der Waals surface area contributed by atoms with Gasteiger partial charge in [0.2, 0.25) is 5.91 Å². The zero-order chi connectivity index (χ0) is 20.8. The molecule has 2 atom stereocenters. The molecule has 2 fully saturated rings. The minimum Gasteiger partial charge on any atom is -0.495 e. The van der Waals surface area contributed by atoms with Crippen molar-refractivity contribution in [3.05, 3.63) is 58.6 Å². The summed E-state index contributed by atoms with van der Waals surface area (Å²) < 4.78 is 30.2. The summed E-state index contributed by atoms with van der Waals surface area (Å²) in [5.41, 5.74) is 2.83. The van der Waals surface area contributed by atoms with Gasteiger partial charge in [-0.2, -0.15) is 0 Å². The van der Waals surface area contributed by atoms with Crippen LogP contribution in [-0.2, 0) is 21.2 Å². The second-order valence-corrected chi connectivity index (χ2v) is 10.2. The van der Waals surface area contributed by atoms with Crippen LogP contribution in [0.4, 0.5) is 5.69 Å². The van der Waals surface area contributed by atoms with Gasteiger partial charge in [0.1, 0.15) is 5.75 Å². The molecule has 6 nitrogen and oxygen atoms in total. The summed E-state index contributed by atoms with van der Waals surface area (Å²) in [6.45, 7) is 2.73. The number of benzene rings is 2. The van der Waals surface area contributed by atoms with Crippen LogP contribution in [0.2, 0.25) is 5.02 Å². The zero-order valence-corrected chi connectivity index (χ0v) is 17.9. The van der Waals surface area contributed by atoms with E-state index in [1.165, 1.54) is 7.11 Å². The van der Waals surface area contributed by atoms with Crippen molar-refractivity contribution in [3.8, 4) is 5.75 Å². The molecule has 2 heterocycles. The molecule has 0 spiro atoms. The molecule has 2 aromatic rings. The second-order valence-electron chi connectivity index (χ2n) is 7.63. The maximum absolute atomic E-state index is 13.1. The Balaban J connectivity index is 1.68. The van der Waals surface area contributed by atoms with E-state index >= 15 is 0 Å². The van der Waals surface area contributed by atoms with Crippen molar-refractivity contribution < 1.29 is 17.9 Å². The summed E-state index contributed by atoms with van der Waals surface area (Å²) in [6, 6.07) is 12.4. The fourth-order valence-corrected chi connectivity index (χ4v) is 6.51. The summed E-state index contributed by atoms with van der Waals surface area (Å²) in [5, 5.41) is 0.387. The van der Waals surface area contributed by atoms with Crippen molar-refractivity contribution in [1.82, 2.24) is 4.90 Å². The highest BCUT2D eigenvalue weighted by atomic mass is 35.5. The molecular formula is C21H23ClN2O4S. The standard InChI is InChI=1S/C21H23ClN2O4S/c1-14-5-3-4-6-15(14)10-23-11-21(25)24(19-13-29(26,27)12-18(19)23)16-7-8-20(28-2)17(22)9-16/h3-9,18-19H,10-13H2,1-2H3. The van der Waals surface area contributed by atoms with Gasteiger partial charge in [-0.3, -0.25) is 9.69 Å². The van der Waals surface area contributed by atoms with Crippen molar-refractivity contribution in [2.24, 2.45) is 0 Å². The van der Waals surface area contributed by atoms with E-state index in [0.717, 1.165) is 11.1 Å². The Labute approximate surface area is 175 Å². The van der Waals surface area contributed by atoms with E-state index < -0.39 is 15.9 Å². The number of nitrogens with zero attached hydrogens (tertiary/aromatic N) is 2. The van der Waals surface area contributed by atoms with Gasteiger partial charge in [0.25, 0.3) is 0 Å². The fourth-order valence-electron chi connectivity index (χ4n) is 4.28. The highest BCUT2D eigenvalue weighted by molar-refractivity contribution is 7.91. The molecule has 2 unspecified atom stereocenters. The van der Waals surface area contributed by atoms with Crippen molar-refractivity contribution in [3.63, 3.8) is 0 Å². The van der Waals surface area contributed by atoms with Gasteiger partial charge in [-0.05, 0) is 36.2 Å². The predicted octanol–water partition coefficient (Wildman–Crippen LogP) is 2.67. The Kier molecular flexibility index (Phi) is 5.31. The number of carbonyl (C=O) groups is 1. The van der Waals surface area contributed by atoms with E-state index in [2.05, 4.69) is 0 Å². The number of rotatable bonds is 4. The zero-order valence-electron chi connectivity index (χ0n) is 16.3. The van der Waals surface area contributed by atoms with Crippen LogP contribution in [0.15, 0.2) is 42.5 Å². The molecular weight excluding hydrogens is 412 g/mol. The van der Waals surface area contributed by atoms with E-state index in [4.69, 9.17) is 16.3 Å². The van der Waals surface area contributed by atoms with Crippen molar-refractivity contribution in [2.75, 3.05) is 30.1 Å². The summed E-state index contributed by atoms with van der Waals surface area (Å²) in [5.74, 6) is 0.393. The Morgan fingerprint density at radius 3 is 2.55 bits per heavy atom. The first-order valence-electron chi connectivity index (χ1n) is 9.43. The number of aryl methyl sites for hydroxylation is 1. The van der Waals surface area contributed by atoms with Gasteiger partial charge in [0.15, 0.2) is 9.84 Å². The van der Waals surface area contributed by atoms with Crippen LogP contribution in [0.5, 0.6) is 5.75 Å². The van der Waals surface area contributed by atoms with Crippen LogP contribution < -0.4 is 9.64 Å². The van der Waals surface area contributed by atoms with Gasteiger partial charge in [-0.25, -0.2) is 8.42 Å². The Hall–Kier alpha value is -2.09. The number of sulfone groups is 1. The van der Waals surface area contributed by atoms with Gasteiger partial charge in [0.05, 0.1) is 36.2 Å². The summed E-state index contributed by atoms with van der Waals surface area (Å²) >= 11 is 6.26.